The van der Waals surface area contributed by atoms with E-state index in [1.165, 1.54) is 13.0 Å². The normalized spacial score (nSPS) is 10.8. The van der Waals surface area contributed by atoms with Crippen LogP contribution in [0.4, 0.5) is 8.78 Å². The zero-order valence-electron chi connectivity index (χ0n) is 7.23. The average molecular weight is 195 g/mol. The maximum absolute atomic E-state index is 13.2. The Balaban J connectivity index is 3.07. The molecule has 4 heteroatoms. The van der Waals surface area contributed by atoms with E-state index >= 15 is 0 Å². The fourth-order valence-corrected chi connectivity index (χ4v) is 1.30. The van der Waals surface area contributed by atoms with Crippen LogP contribution in [0.15, 0.2) is 21.3 Å². The first-order valence-corrected chi connectivity index (χ1v) is 3.90. The molecule has 0 amide bonds. The van der Waals surface area contributed by atoms with Crippen LogP contribution in [0, 0.1) is 24.6 Å². The van der Waals surface area contributed by atoms with E-state index in [9.17, 15) is 13.6 Å². The maximum atomic E-state index is 13.2. The lowest BCUT2D eigenvalue weighted by Crippen LogP contribution is -2.07. The molecule has 0 aliphatic rings. The van der Waals surface area contributed by atoms with Gasteiger partial charge in [-0.25, -0.2) is 9.18 Å². The second-order valence-corrected chi connectivity index (χ2v) is 2.87. The van der Waals surface area contributed by atoms with E-state index in [0.29, 0.717) is 0 Å². The standard InChI is InChI=1S/C10H5F2O2/c1-5-8-6(11)3-2-4-7(8)14-10(13)9(5)12/h3-4H,1H3. The predicted octanol–water partition coefficient (Wildman–Crippen LogP) is 2.18. The molecule has 2 aromatic rings. The molecule has 0 bridgehead atoms. The van der Waals surface area contributed by atoms with Gasteiger partial charge in [0.15, 0.2) is 0 Å². The van der Waals surface area contributed by atoms with E-state index in [1.54, 1.807) is 0 Å². The zero-order valence-corrected chi connectivity index (χ0v) is 7.23. The molecule has 0 aliphatic carbocycles. The zero-order chi connectivity index (χ0) is 10.3. The minimum Gasteiger partial charge on any atom is -0.420 e. The number of hydrogen-bond acceptors (Lipinski definition) is 2. The topological polar surface area (TPSA) is 30.2 Å². The van der Waals surface area contributed by atoms with Gasteiger partial charge >= 0.3 is 5.63 Å². The van der Waals surface area contributed by atoms with Crippen molar-refractivity contribution in [3.05, 3.63) is 45.8 Å². The highest BCUT2D eigenvalue weighted by molar-refractivity contribution is 5.80. The molecule has 0 N–H and O–H groups in total. The molecule has 2 nitrogen and oxygen atoms in total. The number of aryl methyl sites for hydroxylation is 1. The summed E-state index contributed by atoms with van der Waals surface area (Å²) in [6.07, 6.45) is 0. The number of hydrogen-bond donors (Lipinski definition) is 0. The molecule has 1 heterocycles. The fourth-order valence-electron chi connectivity index (χ4n) is 1.30. The summed E-state index contributed by atoms with van der Waals surface area (Å²) in [5, 5.41) is -0.0131. The monoisotopic (exact) mass is 195 g/mol. The molecule has 0 spiro atoms. The molecule has 0 saturated carbocycles. The molecule has 1 aromatic heterocycles. The van der Waals surface area contributed by atoms with Gasteiger partial charge in [-0.2, -0.15) is 4.39 Å². The molecular formula is C10H5F2O2. The summed E-state index contributed by atoms with van der Waals surface area (Å²) in [6.45, 7) is 1.33. The number of benzene rings is 1. The molecule has 71 valence electrons. The van der Waals surface area contributed by atoms with Crippen LogP contribution in [-0.4, -0.2) is 0 Å². The Hall–Kier alpha value is -1.71. The molecule has 1 aromatic carbocycles. The van der Waals surface area contributed by atoms with Crippen LogP contribution in [0.2, 0.25) is 0 Å². The Bertz CT molecular complexity index is 558. The van der Waals surface area contributed by atoms with Crippen molar-refractivity contribution in [3.8, 4) is 0 Å². The summed E-state index contributed by atoms with van der Waals surface area (Å²) in [7, 11) is 0. The molecule has 14 heavy (non-hydrogen) atoms. The van der Waals surface area contributed by atoms with E-state index in [1.807, 2.05) is 0 Å². The van der Waals surface area contributed by atoms with Gasteiger partial charge in [-0.3, -0.25) is 0 Å². The molecule has 0 unspecified atom stereocenters. The molecule has 0 atom stereocenters. The van der Waals surface area contributed by atoms with Crippen LogP contribution < -0.4 is 5.63 Å². The Morgan fingerprint density at radius 2 is 2.07 bits per heavy atom. The van der Waals surface area contributed by atoms with Crippen molar-refractivity contribution >= 4 is 11.0 Å². The Labute approximate surface area is 77.8 Å². The maximum Gasteiger partial charge on any atom is 0.372 e. The fraction of sp³-hybridized carbons (Fsp3) is 0.100. The Morgan fingerprint density at radius 3 is 2.79 bits per heavy atom. The van der Waals surface area contributed by atoms with Gasteiger partial charge in [0.2, 0.25) is 5.82 Å². The van der Waals surface area contributed by atoms with Crippen LogP contribution in [0.1, 0.15) is 5.56 Å². The lowest BCUT2D eigenvalue weighted by Gasteiger charge is -2.01. The van der Waals surface area contributed by atoms with Crippen LogP contribution in [0.25, 0.3) is 11.0 Å². The van der Waals surface area contributed by atoms with E-state index in [4.69, 9.17) is 0 Å². The van der Waals surface area contributed by atoms with Crippen LogP contribution >= 0.6 is 0 Å². The highest BCUT2D eigenvalue weighted by atomic mass is 19.1. The van der Waals surface area contributed by atoms with Gasteiger partial charge in [0, 0.05) is 5.56 Å². The van der Waals surface area contributed by atoms with Crippen LogP contribution in [0.5, 0.6) is 0 Å². The molecule has 1 radical (unpaired) electrons. The predicted molar refractivity (Wildman–Crippen MR) is 46.0 cm³/mol. The van der Waals surface area contributed by atoms with Crippen molar-refractivity contribution in [3.63, 3.8) is 0 Å². The lowest BCUT2D eigenvalue weighted by atomic mass is 10.1. The van der Waals surface area contributed by atoms with E-state index < -0.39 is 17.3 Å². The molecule has 0 fully saturated rings. The molecule has 0 aliphatic heterocycles. The Morgan fingerprint density at radius 1 is 1.36 bits per heavy atom. The van der Waals surface area contributed by atoms with Crippen molar-refractivity contribution in [2.75, 3.05) is 0 Å². The first-order chi connectivity index (χ1) is 6.61. The van der Waals surface area contributed by atoms with Crippen LogP contribution in [0.3, 0.4) is 0 Å². The van der Waals surface area contributed by atoms with Crippen molar-refractivity contribution in [1.29, 1.82) is 0 Å². The van der Waals surface area contributed by atoms with E-state index in [0.717, 1.165) is 6.07 Å². The summed E-state index contributed by atoms with van der Waals surface area (Å²) in [4.78, 5) is 10.9. The lowest BCUT2D eigenvalue weighted by molar-refractivity contribution is 0.480. The molecule has 2 rings (SSSR count). The third-order valence-electron chi connectivity index (χ3n) is 2.00. The second kappa shape index (κ2) is 2.90. The first-order valence-electron chi connectivity index (χ1n) is 3.90. The Kier molecular flexibility index (Phi) is 1.84. The first kappa shape index (κ1) is 8.87. The van der Waals surface area contributed by atoms with Gasteiger partial charge in [0.1, 0.15) is 11.4 Å². The van der Waals surface area contributed by atoms with E-state index in [2.05, 4.69) is 10.5 Å². The molecule has 0 saturated heterocycles. The summed E-state index contributed by atoms with van der Waals surface area (Å²) < 4.78 is 30.8. The summed E-state index contributed by atoms with van der Waals surface area (Å²) in [6, 6.07) is 4.81. The number of fused-ring (bicyclic) bond motifs is 1. The summed E-state index contributed by atoms with van der Waals surface area (Å²) >= 11 is 0. The van der Waals surface area contributed by atoms with Gasteiger partial charge in [0.25, 0.3) is 0 Å². The SMILES string of the molecule is Cc1c(F)c(=O)oc2c[c]cc(F)c12. The van der Waals surface area contributed by atoms with Crippen molar-refractivity contribution in [2.45, 2.75) is 6.92 Å². The number of rotatable bonds is 0. The third-order valence-corrected chi connectivity index (χ3v) is 2.00. The van der Waals surface area contributed by atoms with Crippen LogP contribution in [-0.2, 0) is 0 Å². The highest BCUT2D eigenvalue weighted by Gasteiger charge is 2.13. The third kappa shape index (κ3) is 1.11. The van der Waals surface area contributed by atoms with Crippen molar-refractivity contribution in [1.82, 2.24) is 0 Å². The van der Waals surface area contributed by atoms with Gasteiger partial charge < -0.3 is 4.42 Å². The second-order valence-electron chi connectivity index (χ2n) is 2.87. The minimum atomic E-state index is -1.09. The quantitative estimate of drug-likeness (QED) is 0.603. The van der Waals surface area contributed by atoms with Gasteiger partial charge in [-0.05, 0) is 25.1 Å². The highest BCUT2D eigenvalue weighted by Crippen LogP contribution is 2.20. The average Bonchev–Trinajstić information content (AvgIpc) is 2.14. The van der Waals surface area contributed by atoms with Crippen molar-refractivity contribution < 1.29 is 13.2 Å². The number of halogens is 2. The van der Waals surface area contributed by atoms with Gasteiger partial charge in [0.05, 0.1) is 5.39 Å². The van der Waals surface area contributed by atoms with E-state index in [-0.39, 0.29) is 16.5 Å². The summed E-state index contributed by atoms with van der Waals surface area (Å²) in [5.41, 5.74) is -1.12. The van der Waals surface area contributed by atoms with Gasteiger partial charge in [-0.15, -0.1) is 0 Å². The summed E-state index contributed by atoms with van der Waals surface area (Å²) in [5.74, 6) is -1.70. The smallest absolute Gasteiger partial charge is 0.372 e. The largest absolute Gasteiger partial charge is 0.420 e. The minimum absolute atomic E-state index is 0.00824. The van der Waals surface area contributed by atoms with Crippen molar-refractivity contribution in [2.24, 2.45) is 0 Å². The molecular weight excluding hydrogens is 190 g/mol. The van der Waals surface area contributed by atoms with Gasteiger partial charge in [-0.1, -0.05) is 0 Å².